The number of aromatic nitrogens is 3. The van der Waals surface area contributed by atoms with E-state index in [1.54, 1.807) is 6.20 Å². The zero-order valence-electron chi connectivity index (χ0n) is 17.2. The van der Waals surface area contributed by atoms with Crippen LogP contribution in [0.3, 0.4) is 0 Å². The van der Waals surface area contributed by atoms with Crippen LogP contribution < -0.4 is 10.6 Å². The van der Waals surface area contributed by atoms with Crippen molar-refractivity contribution in [1.82, 2.24) is 30.7 Å². The number of rotatable bonds is 7. The molecule has 3 heterocycles. The van der Waals surface area contributed by atoms with Crippen LogP contribution in [0.5, 0.6) is 0 Å². The van der Waals surface area contributed by atoms with E-state index in [2.05, 4.69) is 35.7 Å². The van der Waals surface area contributed by atoms with Crippen molar-refractivity contribution >= 4 is 5.96 Å². The van der Waals surface area contributed by atoms with Gasteiger partial charge in [0, 0.05) is 51.9 Å². The average Bonchev–Trinajstić information content (AvgIpc) is 3.51. The van der Waals surface area contributed by atoms with E-state index < -0.39 is 0 Å². The molecule has 1 aliphatic carbocycles. The van der Waals surface area contributed by atoms with Gasteiger partial charge in [0.05, 0.1) is 0 Å². The van der Waals surface area contributed by atoms with Crippen molar-refractivity contribution in [3.8, 4) is 11.6 Å². The number of guanidine groups is 1. The van der Waals surface area contributed by atoms with Gasteiger partial charge in [-0.2, -0.15) is 4.98 Å². The Labute approximate surface area is 172 Å². The molecule has 8 nitrogen and oxygen atoms in total. The Hall–Kier alpha value is -2.48. The summed E-state index contributed by atoms with van der Waals surface area (Å²) in [6, 6.07) is 6.09. The minimum absolute atomic E-state index is 0.455. The molecule has 1 saturated heterocycles. The Morgan fingerprint density at radius 1 is 1.28 bits per heavy atom. The monoisotopic (exact) mass is 397 g/mol. The van der Waals surface area contributed by atoms with E-state index in [9.17, 15) is 0 Å². The zero-order valence-corrected chi connectivity index (χ0v) is 17.2. The molecule has 1 unspecified atom stereocenters. The molecule has 2 fully saturated rings. The van der Waals surface area contributed by atoms with Gasteiger partial charge in [-0.05, 0) is 37.3 Å². The molecule has 2 N–H and O–H groups in total. The molecule has 2 aromatic heterocycles. The standard InChI is InChI=1S/C21H31N7O/c1-22-21(25-17-10-13-28(15-17)14-16-6-2-3-7-16)24-12-9-19-26-20(29-27-19)18-8-4-5-11-23-18/h4-5,8,11,16-17H,2-3,6-7,9-10,12-15H2,1H3,(H2,22,24,25). The van der Waals surface area contributed by atoms with Crippen molar-refractivity contribution in [2.45, 2.75) is 44.6 Å². The summed E-state index contributed by atoms with van der Waals surface area (Å²) in [6.45, 7) is 4.25. The van der Waals surface area contributed by atoms with E-state index >= 15 is 0 Å². The largest absolute Gasteiger partial charge is 0.356 e. The Bertz CT molecular complexity index is 785. The highest BCUT2D eigenvalue weighted by molar-refractivity contribution is 5.80. The van der Waals surface area contributed by atoms with Gasteiger partial charge in [-0.25, -0.2) is 0 Å². The van der Waals surface area contributed by atoms with Gasteiger partial charge >= 0.3 is 0 Å². The van der Waals surface area contributed by atoms with E-state index in [-0.39, 0.29) is 0 Å². The number of hydrogen-bond acceptors (Lipinski definition) is 6. The molecule has 8 heteroatoms. The second kappa shape index (κ2) is 9.82. The molecule has 0 amide bonds. The molecule has 0 bridgehead atoms. The second-order valence-corrected chi connectivity index (χ2v) is 8.02. The first-order chi connectivity index (χ1) is 14.3. The van der Waals surface area contributed by atoms with Gasteiger partial charge < -0.3 is 20.1 Å². The van der Waals surface area contributed by atoms with E-state index in [1.165, 1.54) is 45.2 Å². The van der Waals surface area contributed by atoms with E-state index in [4.69, 9.17) is 4.52 Å². The predicted octanol–water partition coefficient (Wildman–Crippen LogP) is 2.10. The van der Waals surface area contributed by atoms with Gasteiger partial charge in [0.1, 0.15) is 5.69 Å². The van der Waals surface area contributed by atoms with Gasteiger partial charge in [-0.3, -0.25) is 9.98 Å². The smallest absolute Gasteiger partial charge is 0.276 e. The molecule has 156 valence electrons. The van der Waals surface area contributed by atoms with Crippen LogP contribution in [0.15, 0.2) is 33.9 Å². The number of likely N-dealkylation sites (tertiary alicyclic amines) is 1. The minimum atomic E-state index is 0.455. The third-order valence-corrected chi connectivity index (χ3v) is 5.82. The lowest BCUT2D eigenvalue weighted by atomic mass is 10.1. The van der Waals surface area contributed by atoms with Gasteiger partial charge in [0.2, 0.25) is 0 Å². The van der Waals surface area contributed by atoms with Crippen LogP contribution in [0.4, 0.5) is 0 Å². The molecule has 1 saturated carbocycles. The molecular weight excluding hydrogens is 366 g/mol. The summed E-state index contributed by atoms with van der Waals surface area (Å²) >= 11 is 0. The third kappa shape index (κ3) is 5.53. The van der Waals surface area contributed by atoms with Crippen molar-refractivity contribution < 1.29 is 4.52 Å². The van der Waals surface area contributed by atoms with Crippen molar-refractivity contribution in [3.63, 3.8) is 0 Å². The second-order valence-electron chi connectivity index (χ2n) is 8.02. The van der Waals surface area contributed by atoms with Crippen LogP contribution in [0.25, 0.3) is 11.6 Å². The maximum atomic E-state index is 5.31. The molecule has 0 aromatic carbocycles. The van der Waals surface area contributed by atoms with Crippen LogP contribution >= 0.6 is 0 Å². The fourth-order valence-corrected chi connectivity index (χ4v) is 4.30. The van der Waals surface area contributed by atoms with Crippen LogP contribution in [-0.2, 0) is 6.42 Å². The molecule has 4 rings (SSSR count). The minimum Gasteiger partial charge on any atom is -0.356 e. The fraction of sp³-hybridized carbons (Fsp3) is 0.619. The SMILES string of the molecule is CN=C(NCCc1noc(-c2ccccn2)n1)NC1CCN(CC2CCCC2)C1. The number of nitrogens with one attached hydrogen (secondary N) is 2. The van der Waals surface area contributed by atoms with Crippen LogP contribution in [0.2, 0.25) is 0 Å². The van der Waals surface area contributed by atoms with E-state index in [0.717, 1.165) is 18.4 Å². The quantitative estimate of drug-likeness (QED) is 0.546. The number of pyridine rings is 1. The summed E-state index contributed by atoms with van der Waals surface area (Å²) in [7, 11) is 1.81. The molecule has 1 atom stereocenters. The summed E-state index contributed by atoms with van der Waals surface area (Å²) in [6.07, 6.45) is 9.21. The van der Waals surface area contributed by atoms with Gasteiger partial charge in [0.15, 0.2) is 11.8 Å². The summed E-state index contributed by atoms with van der Waals surface area (Å²) < 4.78 is 5.31. The predicted molar refractivity (Wildman–Crippen MR) is 113 cm³/mol. The molecule has 1 aliphatic heterocycles. The summed E-state index contributed by atoms with van der Waals surface area (Å²) in [5.41, 5.74) is 0.695. The Morgan fingerprint density at radius 2 is 2.17 bits per heavy atom. The molecule has 2 aromatic rings. The first-order valence-corrected chi connectivity index (χ1v) is 10.7. The Kier molecular flexibility index (Phi) is 6.71. The van der Waals surface area contributed by atoms with E-state index in [1.807, 2.05) is 25.2 Å². The van der Waals surface area contributed by atoms with E-state index in [0.29, 0.717) is 36.4 Å². The van der Waals surface area contributed by atoms with Crippen LogP contribution in [-0.4, -0.2) is 65.3 Å². The number of aliphatic imine (C=N–C) groups is 1. The van der Waals surface area contributed by atoms with Crippen molar-refractivity contribution in [2.24, 2.45) is 10.9 Å². The number of nitrogens with zero attached hydrogens (tertiary/aromatic N) is 5. The van der Waals surface area contributed by atoms with Crippen LogP contribution in [0, 0.1) is 5.92 Å². The van der Waals surface area contributed by atoms with Crippen LogP contribution in [0.1, 0.15) is 37.9 Å². The van der Waals surface area contributed by atoms with Crippen molar-refractivity contribution in [1.29, 1.82) is 0 Å². The zero-order chi connectivity index (χ0) is 19.9. The summed E-state index contributed by atoms with van der Waals surface area (Å²) in [5.74, 6) is 2.87. The molecule has 0 spiro atoms. The summed E-state index contributed by atoms with van der Waals surface area (Å²) in [5, 5.41) is 11.0. The fourth-order valence-electron chi connectivity index (χ4n) is 4.30. The molecule has 29 heavy (non-hydrogen) atoms. The first-order valence-electron chi connectivity index (χ1n) is 10.7. The molecular formula is C21H31N7O. The highest BCUT2D eigenvalue weighted by atomic mass is 16.5. The van der Waals surface area contributed by atoms with Crippen molar-refractivity contribution in [2.75, 3.05) is 33.2 Å². The normalized spacial score (nSPS) is 21.0. The maximum absolute atomic E-state index is 5.31. The maximum Gasteiger partial charge on any atom is 0.276 e. The van der Waals surface area contributed by atoms with Gasteiger partial charge in [0.25, 0.3) is 5.89 Å². The lowest BCUT2D eigenvalue weighted by molar-refractivity contribution is 0.275. The highest BCUT2D eigenvalue weighted by Crippen LogP contribution is 2.26. The third-order valence-electron chi connectivity index (χ3n) is 5.82. The Balaban J connectivity index is 1.19. The number of hydrogen-bond donors (Lipinski definition) is 2. The first kappa shape index (κ1) is 19.8. The molecule has 0 radical (unpaired) electrons. The lowest BCUT2D eigenvalue weighted by Crippen LogP contribution is -2.45. The molecule has 2 aliphatic rings. The topological polar surface area (TPSA) is 91.5 Å². The van der Waals surface area contributed by atoms with Gasteiger partial charge in [-0.15, -0.1) is 0 Å². The average molecular weight is 398 g/mol. The lowest BCUT2D eigenvalue weighted by Gasteiger charge is -2.21. The van der Waals surface area contributed by atoms with Crippen molar-refractivity contribution in [3.05, 3.63) is 30.2 Å². The van der Waals surface area contributed by atoms with Gasteiger partial charge in [-0.1, -0.05) is 24.1 Å². The highest BCUT2D eigenvalue weighted by Gasteiger charge is 2.26. The summed E-state index contributed by atoms with van der Waals surface area (Å²) in [4.78, 5) is 15.6. The Morgan fingerprint density at radius 3 is 2.97 bits per heavy atom.